The van der Waals surface area contributed by atoms with Crippen molar-refractivity contribution in [3.05, 3.63) is 59.6 Å². The van der Waals surface area contributed by atoms with Crippen LogP contribution in [0.2, 0.25) is 0 Å². The molecule has 1 aromatic heterocycles. The van der Waals surface area contributed by atoms with Crippen molar-refractivity contribution in [2.24, 2.45) is 10.7 Å². The van der Waals surface area contributed by atoms with E-state index in [0.29, 0.717) is 34.8 Å². The highest BCUT2D eigenvalue weighted by atomic mass is 16.5. The summed E-state index contributed by atoms with van der Waals surface area (Å²) in [5.41, 5.74) is 6.83. The first-order valence-electron chi connectivity index (χ1n) is 7.81. The van der Waals surface area contributed by atoms with Gasteiger partial charge in [0, 0.05) is 5.39 Å². The number of hydrogen-bond acceptors (Lipinski definition) is 5. The second-order valence-corrected chi connectivity index (χ2v) is 5.22. The Morgan fingerprint density at radius 1 is 1.16 bits per heavy atom. The maximum Gasteiger partial charge on any atom is 0.254 e. The van der Waals surface area contributed by atoms with E-state index in [-0.39, 0.29) is 11.1 Å². The minimum absolute atomic E-state index is 0.108. The van der Waals surface area contributed by atoms with Gasteiger partial charge in [-0.15, -0.1) is 0 Å². The SMILES string of the molecule is CCOc1ccccc1N=c1oc2c(OC)cccc2cc1C(N)=O. The molecule has 0 aliphatic rings. The molecule has 1 amide bonds. The van der Waals surface area contributed by atoms with E-state index in [4.69, 9.17) is 19.6 Å². The van der Waals surface area contributed by atoms with Crippen molar-refractivity contribution in [2.75, 3.05) is 13.7 Å². The Balaban J connectivity index is 2.30. The largest absolute Gasteiger partial charge is 0.493 e. The zero-order chi connectivity index (χ0) is 17.8. The van der Waals surface area contributed by atoms with Crippen LogP contribution in [0, 0.1) is 0 Å². The van der Waals surface area contributed by atoms with Crippen LogP contribution < -0.4 is 20.8 Å². The van der Waals surface area contributed by atoms with Gasteiger partial charge < -0.3 is 19.6 Å². The van der Waals surface area contributed by atoms with Crippen molar-refractivity contribution in [1.82, 2.24) is 0 Å². The van der Waals surface area contributed by atoms with Gasteiger partial charge in [0.25, 0.3) is 5.91 Å². The van der Waals surface area contributed by atoms with Crippen molar-refractivity contribution < 1.29 is 18.7 Å². The Labute approximate surface area is 144 Å². The number of ether oxygens (including phenoxy) is 2. The number of carbonyl (C=O) groups is 1. The molecular formula is C19H18N2O4. The molecule has 3 aromatic rings. The van der Waals surface area contributed by atoms with E-state index >= 15 is 0 Å². The molecule has 0 fully saturated rings. The summed E-state index contributed by atoms with van der Waals surface area (Å²) in [6.07, 6.45) is 0. The summed E-state index contributed by atoms with van der Waals surface area (Å²) < 4.78 is 16.7. The van der Waals surface area contributed by atoms with E-state index in [2.05, 4.69) is 4.99 Å². The van der Waals surface area contributed by atoms with Crippen LogP contribution in [0.1, 0.15) is 17.3 Å². The van der Waals surface area contributed by atoms with E-state index < -0.39 is 5.91 Å². The van der Waals surface area contributed by atoms with E-state index in [0.717, 1.165) is 0 Å². The van der Waals surface area contributed by atoms with Crippen LogP contribution in [-0.2, 0) is 0 Å². The van der Waals surface area contributed by atoms with Crippen LogP contribution in [0.4, 0.5) is 5.69 Å². The summed E-state index contributed by atoms with van der Waals surface area (Å²) in [6.45, 7) is 2.38. The lowest BCUT2D eigenvalue weighted by molar-refractivity contribution is 0.0996. The number of primary amides is 1. The number of carbonyl (C=O) groups excluding carboxylic acids is 1. The topological polar surface area (TPSA) is 87.1 Å². The van der Waals surface area contributed by atoms with Crippen LogP contribution in [0.15, 0.2) is 57.9 Å². The molecule has 6 heteroatoms. The first-order valence-corrected chi connectivity index (χ1v) is 7.81. The van der Waals surface area contributed by atoms with Gasteiger partial charge in [-0.25, -0.2) is 4.99 Å². The standard InChI is InChI=1S/C19H18N2O4/c1-3-24-15-9-5-4-8-14(15)21-19-13(18(20)22)11-12-7-6-10-16(23-2)17(12)25-19/h4-11H,3H2,1-2H3,(H2,20,22). The van der Waals surface area contributed by atoms with Crippen LogP contribution in [0.3, 0.4) is 0 Å². The Morgan fingerprint density at radius 2 is 1.92 bits per heavy atom. The van der Waals surface area contributed by atoms with Crippen LogP contribution in [0.25, 0.3) is 11.0 Å². The molecule has 0 aliphatic heterocycles. The van der Waals surface area contributed by atoms with Gasteiger partial charge in [-0.2, -0.15) is 0 Å². The lowest BCUT2D eigenvalue weighted by atomic mass is 10.1. The second-order valence-electron chi connectivity index (χ2n) is 5.22. The summed E-state index contributed by atoms with van der Waals surface area (Å²) in [6, 6.07) is 14.3. The van der Waals surface area contributed by atoms with E-state index in [1.807, 2.05) is 31.2 Å². The van der Waals surface area contributed by atoms with Crippen molar-refractivity contribution in [1.29, 1.82) is 0 Å². The number of fused-ring (bicyclic) bond motifs is 1. The first-order chi connectivity index (χ1) is 12.1. The second kappa shape index (κ2) is 7.09. The van der Waals surface area contributed by atoms with Crippen LogP contribution in [-0.4, -0.2) is 19.6 Å². The van der Waals surface area contributed by atoms with Crippen LogP contribution >= 0.6 is 0 Å². The third kappa shape index (κ3) is 3.33. The molecule has 0 saturated heterocycles. The highest BCUT2D eigenvalue weighted by molar-refractivity contribution is 5.96. The number of nitrogens with two attached hydrogens (primary N) is 1. The van der Waals surface area contributed by atoms with Gasteiger partial charge >= 0.3 is 0 Å². The minimum atomic E-state index is -0.624. The van der Waals surface area contributed by atoms with Gasteiger partial charge in [-0.1, -0.05) is 24.3 Å². The molecule has 1 heterocycles. The molecule has 0 bridgehead atoms. The number of hydrogen-bond donors (Lipinski definition) is 1. The summed E-state index contributed by atoms with van der Waals surface area (Å²) in [5, 5.41) is 0.699. The highest BCUT2D eigenvalue weighted by Crippen LogP contribution is 2.28. The number of para-hydroxylation sites is 3. The quantitative estimate of drug-likeness (QED) is 0.774. The number of amides is 1. The molecule has 0 unspecified atom stereocenters. The maximum atomic E-state index is 11.9. The maximum absolute atomic E-state index is 11.9. The van der Waals surface area contributed by atoms with Crippen LogP contribution in [0.5, 0.6) is 11.5 Å². The van der Waals surface area contributed by atoms with Gasteiger partial charge in [0.15, 0.2) is 11.3 Å². The Kier molecular flexibility index (Phi) is 4.70. The lowest BCUT2D eigenvalue weighted by Crippen LogP contribution is -2.21. The average molecular weight is 338 g/mol. The van der Waals surface area contributed by atoms with E-state index in [1.54, 1.807) is 31.4 Å². The Bertz CT molecular complexity index is 992. The number of methoxy groups -OCH3 is 1. The Morgan fingerprint density at radius 3 is 2.64 bits per heavy atom. The van der Waals surface area contributed by atoms with Gasteiger partial charge in [0.05, 0.1) is 13.7 Å². The molecule has 0 saturated carbocycles. The molecule has 3 rings (SSSR count). The fraction of sp³-hybridized carbons (Fsp3) is 0.158. The van der Waals surface area contributed by atoms with Crippen molar-refractivity contribution >= 4 is 22.6 Å². The molecule has 6 nitrogen and oxygen atoms in total. The highest BCUT2D eigenvalue weighted by Gasteiger charge is 2.13. The van der Waals surface area contributed by atoms with Gasteiger partial charge in [0.2, 0.25) is 5.55 Å². The first kappa shape index (κ1) is 16.6. The number of benzene rings is 2. The molecule has 0 spiro atoms. The van der Waals surface area contributed by atoms with Gasteiger partial charge in [-0.3, -0.25) is 4.79 Å². The third-order valence-electron chi connectivity index (χ3n) is 3.61. The summed E-state index contributed by atoms with van der Waals surface area (Å²) in [7, 11) is 1.55. The molecule has 0 aliphatic carbocycles. The van der Waals surface area contributed by atoms with Gasteiger partial charge in [0.1, 0.15) is 17.0 Å². The summed E-state index contributed by atoms with van der Waals surface area (Å²) in [4.78, 5) is 16.3. The monoisotopic (exact) mass is 338 g/mol. The third-order valence-corrected chi connectivity index (χ3v) is 3.61. The molecule has 128 valence electrons. The molecular weight excluding hydrogens is 320 g/mol. The van der Waals surface area contributed by atoms with Crippen molar-refractivity contribution in [2.45, 2.75) is 6.92 Å². The summed E-state index contributed by atoms with van der Waals surface area (Å²) >= 11 is 0. The predicted molar refractivity (Wildman–Crippen MR) is 94.1 cm³/mol. The minimum Gasteiger partial charge on any atom is -0.493 e. The number of rotatable bonds is 5. The molecule has 2 aromatic carbocycles. The zero-order valence-electron chi connectivity index (χ0n) is 14.0. The lowest BCUT2D eigenvalue weighted by Gasteiger charge is -2.08. The van der Waals surface area contributed by atoms with Crippen molar-refractivity contribution in [3.63, 3.8) is 0 Å². The molecule has 2 N–H and O–H groups in total. The van der Waals surface area contributed by atoms with E-state index in [1.165, 1.54) is 0 Å². The average Bonchev–Trinajstić information content (AvgIpc) is 2.62. The van der Waals surface area contributed by atoms with Gasteiger partial charge in [-0.05, 0) is 31.2 Å². The zero-order valence-corrected chi connectivity index (χ0v) is 14.0. The fourth-order valence-electron chi connectivity index (χ4n) is 2.48. The predicted octanol–water partition coefficient (Wildman–Crippen LogP) is 3.17. The van der Waals surface area contributed by atoms with E-state index in [9.17, 15) is 4.79 Å². The number of nitrogens with zero attached hydrogens (tertiary/aromatic N) is 1. The smallest absolute Gasteiger partial charge is 0.254 e. The molecule has 25 heavy (non-hydrogen) atoms. The molecule has 0 atom stereocenters. The summed E-state index contributed by atoms with van der Waals surface area (Å²) in [5.74, 6) is 0.514. The van der Waals surface area contributed by atoms with Crippen molar-refractivity contribution in [3.8, 4) is 11.5 Å². The fourth-order valence-corrected chi connectivity index (χ4v) is 2.48. The molecule has 0 radical (unpaired) electrons. The normalized spacial score (nSPS) is 11.5. The Hall–Kier alpha value is -3.28.